The van der Waals surface area contributed by atoms with E-state index in [-0.39, 0.29) is 17.5 Å². The fourth-order valence-electron chi connectivity index (χ4n) is 2.51. The first kappa shape index (κ1) is 14.5. The van der Waals surface area contributed by atoms with Gasteiger partial charge < -0.3 is 14.4 Å². The van der Waals surface area contributed by atoms with Crippen LogP contribution in [0.3, 0.4) is 0 Å². The molecule has 20 heavy (non-hydrogen) atoms. The summed E-state index contributed by atoms with van der Waals surface area (Å²) in [6, 6.07) is 5.23. The topological polar surface area (TPSA) is 64.4 Å². The van der Waals surface area contributed by atoms with E-state index < -0.39 is 5.97 Å². The Morgan fingerprint density at radius 1 is 1.40 bits per heavy atom. The molecule has 1 unspecified atom stereocenters. The number of ether oxygens (including phenoxy) is 1. The Morgan fingerprint density at radius 2 is 2.10 bits per heavy atom. The number of hydrogen-bond donors (Lipinski definition) is 1. The van der Waals surface area contributed by atoms with Crippen LogP contribution in [-0.2, 0) is 4.74 Å². The number of methoxy groups -OCH3 is 1. The van der Waals surface area contributed by atoms with Gasteiger partial charge in [0.05, 0.1) is 29.2 Å². The molecule has 0 aliphatic heterocycles. The summed E-state index contributed by atoms with van der Waals surface area (Å²) in [6.07, 6.45) is 0. The molecule has 5 heteroatoms. The van der Waals surface area contributed by atoms with E-state index in [1.165, 1.54) is 0 Å². The summed E-state index contributed by atoms with van der Waals surface area (Å²) in [4.78, 5) is 16.1. The smallest absolute Gasteiger partial charge is 0.337 e. The molecule has 5 nitrogen and oxygen atoms in total. The van der Waals surface area contributed by atoms with Gasteiger partial charge in [-0.05, 0) is 19.1 Å². The van der Waals surface area contributed by atoms with Crippen molar-refractivity contribution < 1.29 is 14.6 Å². The minimum Gasteiger partial charge on any atom is -0.478 e. The highest BCUT2D eigenvalue weighted by atomic mass is 16.5. The number of nitrogens with zero attached hydrogens (tertiary/aromatic N) is 2. The minimum atomic E-state index is -0.934. The van der Waals surface area contributed by atoms with Gasteiger partial charge in [-0.25, -0.2) is 9.78 Å². The zero-order valence-corrected chi connectivity index (χ0v) is 12.3. The monoisotopic (exact) mass is 276 g/mol. The highest BCUT2D eigenvalue weighted by molar-refractivity contribution is 6.01. The van der Waals surface area contributed by atoms with Crippen LogP contribution in [0.1, 0.15) is 48.9 Å². The summed E-state index contributed by atoms with van der Waals surface area (Å²) in [5, 5.41) is 9.39. The average molecular weight is 276 g/mol. The zero-order valence-electron chi connectivity index (χ0n) is 12.3. The summed E-state index contributed by atoms with van der Waals surface area (Å²) in [5.74, 6) is 0.165. The Kier molecular flexibility index (Phi) is 4.09. The van der Waals surface area contributed by atoms with E-state index in [0.29, 0.717) is 12.1 Å². The average Bonchev–Trinajstić information content (AvgIpc) is 2.78. The fourth-order valence-corrected chi connectivity index (χ4v) is 2.51. The number of carbonyl (C=O) groups is 1. The van der Waals surface area contributed by atoms with E-state index in [1.54, 1.807) is 19.2 Å². The molecule has 1 aromatic heterocycles. The first-order valence-electron chi connectivity index (χ1n) is 6.70. The predicted octanol–water partition coefficient (Wildman–Crippen LogP) is 3.07. The lowest BCUT2D eigenvalue weighted by molar-refractivity contribution is 0.0698. The summed E-state index contributed by atoms with van der Waals surface area (Å²) in [6.45, 7) is 6.63. The van der Waals surface area contributed by atoms with Gasteiger partial charge in [0.2, 0.25) is 0 Å². The van der Waals surface area contributed by atoms with Gasteiger partial charge in [0.25, 0.3) is 0 Å². The van der Waals surface area contributed by atoms with Crippen LogP contribution in [0.5, 0.6) is 0 Å². The van der Waals surface area contributed by atoms with Gasteiger partial charge in [-0.3, -0.25) is 0 Å². The molecule has 0 saturated heterocycles. The third kappa shape index (κ3) is 2.41. The second-order valence-electron chi connectivity index (χ2n) is 5.28. The molecule has 0 spiro atoms. The van der Waals surface area contributed by atoms with Crippen molar-refractivity contribution in [3.05, 3.63) is 29.6 Å². The standard InChI is InChI=1S/C15H20N2O3/c1-9(2)14-16-12-7-5-6-11(15(18)19)13(12)17(14)10(3)8-20-4/h5-7,9-10H,8H2,1-4H3,(H,18,19). The minimum absolute atomic E-state index is 0.0305. The van der Waals surface area contributed by atoms with Crippen LogP contribution in [0.2, 0.25) is 0 Å². The summed E-state index contributed by atoms with van der Waals surface area (Å²) in [5.41, 5.74) is 1.68. The van der Waals surface area contributed by atoms with Crippen LogP contribution in [0.4, 0.5) is 0 Å². The van der Waals surface area contributed by atoms with E-state index >= 15 is 0 Å². The second kappa shape index (κ2) is 5.63. The molecule has 0 fully saturated rings. The lowest BCUT2D eigenvalue weighted by Crippen LogP contribution is -2.16. The molecule has 0 bridgehead atoms. The van der Waals surface area contributed by atoms with Gasteiger partial charge in [-0.2, -0.15) is 0 Å². The van der Waals surface area contributed by atoms with Crippen LogP contribution in [-0.4, -0.2) is 34.3 Å². The van der Waals surface area contributed by atoms with Gasteiger partial charge in [-0.15, -0.1) is 0 Å². The van der Waals surface area contributed by atoms with Crippen molar-refractivity contribution >= 4 is 17.0 Å². The lowest BCUT2D eigenvalue weighted by atomic mass is 10.1. The number of carboxylic acid groups (broad SMARTS) is 1. The van der Waals surface area contributed by atoms with Crippen LogP contribution in [0, 0.1) is 0 Å². The van der Waals surface area contributed by atoms with Gasteiger partial charge in [0, 0.05) is 13.0 Å². The maximum absolute atomic E-state index is 11.5. The fraction of sp³-hybridized carbons (Fsp3) is 0.467. The number of imidazole rings is 1. The third-order valence-electron chi connectivity index (χ3n) is 3.33. The van der Waals surface area contributed by atoms with Crippen molar-refractivity contribution in [3.63, 3.8) is 0 Å². The van der Waals surface area contributed by atoms with Crippen molar-refractivity contribution in [3.8, 4) is 0 Å². The number of aromatic nitrogens is 2. The van der Waals surface area contributed by atoms with E-state index in [1.807, 2.05) is 17.6 Å². The van der Waals surface area contributed by atoms with Gasteiger partial charge in [0.15, 0.2) is 0 Å². The molecule has 0 aliphatic rings. The Bertz CT molecular complexity index is 631. The number of aromatic carboxylic acids is 1. The number of para-hydroxylation sites is 1. The lowest BCUT2D eigenvalue weighted by Gasteiger charge is -2.19. The first-order valence-corrected chi connectivity index (χ1v) is 6.70. The quantitative estimate of drug-likeness (QED) is 0.911. The van der Waals surface area contributed by atoms with E-state index in [9.17, 15) is 9.90 Å². The maximum atomic E-state index is 11.5. The van der Waals surface area contributed by atoms with Gasteiger partial charge >= 0.3 is 5.97 Å². The van der Waals surface area contributed by atoms with Crippen LogP contribution < -0.4 is 0 Å². The zero-order chi connectivity index (χ0) is 14.9. The molecule has 2 rings (SSSR count). The van der Waals surface area contributed by atoms with E-state index in [0.717, 1.165) is 11.3 Å². The Hall–Kier alpha value is -1.88. The molecule has 0 amide bonds. The Morgan fingerprint density at radius 3 is 2.65 bits per heavy atom. The molecule has 108 valence electrons. The molecule has 1 N–H and O–H groups in total. The molecule has 1 aromatic carbocycles. The molecule has 1 atom stereocenters. The molecule has 0 saturated carbocycles. The van der Waals surface area contributed by atoms with Crippen LogP contribution >= 0.6 is 0 Å². The third-order valence-corrected chi connectivity index (χ3v) is 3.33. The van der Waals surface area contributed by atoms with E-state index in [2.05, 4.69) is 18.8 Å². The van der Waals surface area contributed by atoms with Crippen molar-refractivity contribution in [2.45, 2.75) is 32.7 Å². The highest BCUT2D eigenvalue weighted by Crippen LogP contribution is 2.28. The molecular weight excluding hydrogens is 256 g/mol. The number of hydrogen-bond acceptors (Lipinski definition) is 3. The maximum Gasteiger partial charge on any atom is 0.337 e. The highest BCUT2D eigenvalue weighted by Gasteiger charge is 2.22. The molecule has 0 radical (unpaired) electrons. The molecule has 2 aromatic rings. The summed E-state index contributed by atoms with van der Waals surface area (Å²) >= 11 is 0. The van der Waals surface area contributed by atoms with Gasteiger partial charge in [-0.1, -0.05) is 19.9 Å². The SMILES string of the molecule is COCC(C)n1c(C(C)C)nc2cccc(C(=O)O)c21. The number of benzene rings is 1. The molecular formula is C15H20N2O3. The van der Waals surface area contributed by atoms with Crippen molar-refractivity contribution in [1.29, 1.82) is 0 Å². The largest absolute Gasteiger partial charge is 0.478 e. The number of rotatable bonds is 5. The number of fused-ring (bicyclic) bond motifs is 1. The van der Waals surface area contributed by atoms with E-state index in [4.69, 9.17) is 4.74 Å². The molecule has 0 aliphatic carbocycles. The predicted molar refractivity (Wildman–Crippen MR) is 77.4 cm³/mol. The van der Waals surface area contributed by atoms with Crippen LogP contribution in [0.15, 0.2) is 18.2 Å². The Balaban J connectivity index is 2.77. The van der Waals surface area contributed by atoms with Crippen LogP contribution in [0.25, 0.3) is 11.0 Å². The molecule has 1 heterocycles. The summed E-state index contributed by atoms with van der Waals surface area (Å²) < 4.78 is 7.21. The number of carboxylic acids is 1. The summed E-state index contributed by atoms with van der Waals surface area (Å²) in [7, 11) is 1.64. The normalized spacial score (nSPS) is 13.1. The van der Waals surface area contributed by atoms with Crippen molar-refractivity contribution in [2.75, 3.05) is 13.7 Å². The van der Waals surface area contributed by atoms with Crippen molar-refractivity contribution in [2.24, 2.45) is 0 Å². The Labute approximate surface area is 118 Å². The van der Waals surface area contributed by atoms with Crippen molar-refractivity contribution in [1.82, 2.24) is 9.55 Å². The first-order chi connectivity index (χ1) is 9.47. The van der Waals surface area contributed by atoms with Gasteiger partial charge in [0.1, 0.15) is 5.82 Å². The second-order valence-corrected chi connectivity index (χ2v) is 5.28.